The summed E-state index contributed by atoms with van der Waals surface area (Å²) in [4.78, 5) is 37.6. The number of benzene rings is 2. The number of nitrogens with one attached hydrogen (secondary N) is 2. The molecule has 1 saturated carbocycles. The maximum atomic E-state index is 12.6. The van der Waals surface area contributed by atoms with Gasteiger partial charge in [-0.3, -0.25) is 19.7 Å². The highest BCUT2D eigenvalue weighted by Gasteiger charge is 2.39. The highest BCUT2D eigenvalue weighted by molar-refractivity contribution is 6.05. The van der Waals surface area contributed by atoms with Gasteiger partial charge in [0.2, 0.25) is 11.8 Å². The normalized spacial score (nSPS) is 22.6. The molecule has 35 heavy (non-hydrogen) atoms. The van der Waals surface area contributed by atoms with E-state index < -0.39 is 6.04 Å². The van der Waals surface area contributed by atoms with Gasteiger partial charge in [-0.1, -0.05) is 36.8 Å². The van der Waals surface area contributed by atoms with Crippen molar-refractivity contribution in [1.29, 1.82) is 0 Å². The van der Waals surface area contributed by atoms with E-state index in [0.29, 0.717) is 18.5 Å². The standard InChI is InChI=1S/C19H22N2O4.C9H11N/c22-17-9-8-16(18(23)20-17)21-11-12-10-14(6-7-15(12)19(21)24)25-13-4-2-1-3-5-13;1-2-4-8(5-3-1)9-6-10-7-9/h6-7,10,13,16H,1-5,8-9,11H2,(H,20,22,23);1-5,9-10H,6-7H2. The van der Waals surface area contributed by atoms with E-state index in [1.807, 2.05) is 12.1 Å². The third-order valence-corrected chi connectivity index (χ3v) is 7.40. The molecule has 1 aliphatic carbocycles. The van der Waals surface area contributed by atoms with Gasteiger partial charge in [-0.25, -0.2) is 0 Å². The van der Waals surface area contributed by atoms with Crippen LogP contribution in [0, 0.1) is 0 Å². The molecule has 3 amide bonds. The molecule has 2 saturated heterocycles. The summed E-state index contributed by atoms with van der Waals surface area (Å²) < 4.78 is 6.08. The Morgan fingerprint density at radius 1 is 0.886 bits per heavy atom. The Hall–Kier alpha value is -3.19. The number of carbonyl (C=O) groups excluding carboxylic acids is 3. The summed E-state index contributed by atoms with van der Waals surface area (Å²) in [6, 6.07) is 15.7. The van der Waals surface area contributed by atoms with Crippen LogP contribution in [0.3, 0.4) is 0 Å². The minimum absolute atomic E-state index is 0.145. The number of fused-ring (bicyclic) bond motifs is 1. The molecule has 184 valence electrons. The molecule has 3 fully saturated rings. The van der Waals surface area contributed by atoms with E-state index in [9.17, 15) is 14.4 Å². The molecule has 2 aromatic rings. The molecule has 1 unspecified atom stereocenters. The Kier molecular flexibility index (Phi) is 7.13. The first kappa shape index (κ1) is 23.5. The fraction of sp³-hybridized carbons (Fsp3) is 0.464. The lowest BCUT2D eigenvalue weighted by Gasteiger charge is -2.29. The molecule has 1 atom stereocenters. The van der Waals surface area contributed by atoms with Gasteiger partial charge in [-0.15, -0.1) is 0 Å². The van der Waals surface area contributed by atoms with Crippen LogP contribution in [0.25, 0.3) is 0 Å². The summed E-state index contributed by atoms with van der Waals surface area (Å²) in [6.07, 6.45) is 6.77. The van der Waals surface area contributed by atoms with Crippen LogP contribution >= 0.6 is 0 Å². The molecule has 0 bridgehead atoms. The van der Waals surface area contributed by atoms with Gasteiger partial charge in [0.15, 0.2) is 0 Å². The maximum Gasteiger partial charge on any atom is 0.255 e. The Morgan fingerprint density at radius 2 is 1.66 bits per heavy atom. The lowest BCUT2D eigenvalue weighted by Crippen LogP contribution is -2.52. The predicted molar refractivity (Wildman–Crippen MR) is 132 cm³/mol. The number of imide groups is 1. The molecule has 2 N–H and O–H groups in total. The number of amides is 3. The van der Waals surface area contributed by atoms with Gasteiger partial charge in [0, 0.05) is 37.5 Å². The molecule has 7 nitrogen and oxygen atoms in total. The minimum atomic E-state index is -0.569. The number of carbonyl (C=O) groups is 3. The van der Waals surface area contributed by atoms with E-state index in [0.717, 1.165) is 43.2 Å². The Morgan fingerprint density at radius 3 is 2.34 bits per heavy atom. The van der Waals surface area contributed by atoms with Crippen LogP contribution in [-0.4, -0.2) is 47.9 Å². The van der Waals surface area contributed by atoms with Gasteiger partial charge in [-0.2, -0.15) is 0 Å². The monoisotopic (exact) mass is 475 g/mol. The Balaban J connectivity index is 0.000000211. The smallest absolute Gasteiger partial charge is 0.255 e. The topological polar surface area (TPSA) is 87.7 Å². The van der Waals surface area contributed by atoms with Gasteiger partial charge in [0.05, 0.1) is 6.10 Å². The zero-order valence-corrected chi connectivity index (χ0v) is 20.0. The van der Waals surface area contributed by atoms with Crippen LogP contribution in [0.1, 0.15) is 72.3 Å². The summed E-state index contributed by atoms with van der Waals surface area (Å²) in [7, 11) is 0. The molecular weight excluding hydrogens is 442 g/mol. The zero-order chi connectivity index (χ0) is 24.2. The summed E-state index contributed by atoms with van der Waals surface area (Å²) in [5, 5.41) is 5.58. The van der Waals surface area contributed by atoms with Crippen molar-refractivity contribution in [2.24, 2.45) is 0 Å². The van der Waals surface area contributed by atoms with Gasteiger partial charge in [0.25, 0.3) is 5.91 Å². The summed E-state index contributed by atoms with van der Waals surface area (Å²) >= 11 is 0. The van der Waals surface area contributed by atoms with Crippen molar-refractivity contribution in [3.63, 3.8) is 0 Å². The van der Waals surface area contributed by atoms with E-state index in [1.165, 1.54) is 24.8 Å². The predicted octanol–water partition coefficient (Wildman–Crippen LogP) is 3.53. The lowest BCUT2D eigenvalue weighted by molar-refractivity contribution is -0.136. The Labute approximate surface area is 206 Å². The SMILES string of the molecule is O=C1CCC(N2Cc3cc(OC4CCCCC4)ccc3C2=O)C(=O)N1.c1ccc(C2CNC2)cc1. The average Bonchev–Trinajstić information content (AvgIpc) is 3.15. The van der Waals surface area contributed by atoms with Crippen molar-refractivity contribution in [2.45, 2.75) is 69.6 Å². The van der Waals surface area contributed by atoms with Crippen LogP contribution in [0.2, 0.25) is 0 Å². The van der Waals surface area contributed by atoms with E-state index in [4.69, 9.17) is 4.74 Å². The molecule has 4 aliphatic rings. The van der Waals surface area contributed by atoms with Crippen molar-refractivity contribution < 1.29 is 19.1 Å². The number of hydrogen-bond donors (Lipinski definition) is 2. The maximum absolute atomic E-state index is 12.6. The zero-order valence-electron chi connectivity index (χ0n) is 20.0. The number of piperidine rings is 1. The molecular formula is C28H33N3O4. The molecule has 3 aliphatic heterocycles. The molecule has 0 aromatic heterocycles. The quantitative estimate of drug-likeness (QED) is 0.661. The third kappa shape index (κ3) is 5.40. The first-order chi connectivity index (χ1) is 17.1. The molecule has 3 heterocycles. The van der Waals surface area contributed by atoms with Crippen molar-refractivity contribution in [3.05, 3.63) is 65.2 Å². The largest absolute Gasteiger partial charge is 0.490 e. The second kappa shape index (κ2) is 10.6. The van der Waals surface area contributed by atoms with Gasteiger partial charge in [-0.05, 0) is 61.4 Å². The molecule has 7 heteroatoms. The molecule has 6 rings (SSSR count). The van der Waals surface area contributed by atoms with Crippen molar-refractivity contribution >= 4 is 17.7 Å². The van der Waals surface area contributed by atoms with Crippen LogP contribution in [0.15, 0.2) is 48.5 Å². The van der Waals surface area contributed by atoms with Crippen molar-refractivity contribution in [3.8, 4) is 5.75 Å². The van der Waals surface area contributed by atoms with Gasteiger partial charge >= 0.3 is 0 Å². The fourth-order valence-corrected chi connectivity index (χ4v) is 5.25. The Bertz CT molecular complexity index is 1080. The van der Waals surface area contributed by atoms with Crippen LogP contribution in [0.4, 0.5) is 0 Å². The highest BCUT2D eigenvalue weighted by Crippen LogP contribution is 2.31. The van der Waals surface area contributed by atoms with Crippen LogP contribution in [-0.2, 0) is 16.1 Å². The number of rotatable bonds is 4. The number of hydrogen-bond acceptors (Lipinski definition) is 5. The van der Waals surface area contributed by atoms with Crippen molar-refractivity contribution in [1.82, 2.24) is 15.5 Å². The van der Waals surface area contributed by atoms with Gasteiger partial charge < -0.3 is 15.0 Å². The van der Waals surface area contributed by atoms with Crippen LogP contribution in [0.5, 0.6) is 5.75 Å². The van der Waals surface area contributed by atoms with Crippen molar-refractivity contribution in [2.75, 3.05) is 13.1 Å². The first-order valence-corrected chi connectivity index (χ1v) is 12.8. The van der Waals surface area contributed by atoms with Crippen LogP contribution < -0.4 is 15.4 Å². The minimum Gasteiger partial charge on any atom is -0.490 e. The average molecular weight is 476 g/mol. The van der Waals surface area contributed by atoms with Gasteiger partial charge in [0.1, 0.15) is 11.8 Å². The van der Waals surface area contributed by atoms with E-state index in [2.05, 4.69) is 41.0 Å². The highest BCUT2D eigenvalue weighted by atomic mass is 16.5. The number of ether oxygens (including phenoxy) is 1. The summed E-state index contributed by atoms with van der Waals surface area (Å²) in [6.45, 7) is 2.70. The second-order valence-corrected chi connectivity index (χ2v) is 9.86. The summed E-state index contributed by atoms with van der Waals surface area (Å²) in [5.41, 5.74) is 2.99. The fourth-order valence-electron chi connectivity index (χ4n) is 5.25. The van der Waals surface area contributed by atoms with E-state index in [1.54, 1.807) is 11.0 Å². The number of nitrogens with zero attached hydrogens (tertiary/aromatic N) is 1. The molecule has 0 spiro atoms. The summed E-state index contributed by atoms with van der Waals surface area (Å²) in [5.74, 6) is 0.781. The van der Waals surface area contributed by atoms with E-state index in [-0.39, 0.29) is 30.2 Å². The second-order valence-electron chi connectivity index (χ2n) is 9.86. The molecule has 2 aromatic carbocycles. The third-order valence-electron chi connectivity index (χ3n) is 7.40. The van der Waals surface area contributed by atoms with E-state index >= 15 is 0 Å². The molecule has 0 radical (unpaired) electrons. The first-order valence-electron chi connectivity index (χ1n) is 12.8. The lowest BCUT2D eigenvalue weighted by atomic mass is 9.94.